The fourth-order valence-electron chi connectivity index (χ4n) is 3.44. The number of amides is 1. The summed E-state index contributed by atoms with van der Waals surface area (Å²) >= 11 is 0. The first-order valence-electron chi connectivity index (χ1n) is 10.3. The van der Waals surface area contributed by atoms with E-state index in [0.717, 1.165) is 22.2 Å². The van der Waals surface area contributed by atoms with Crippen LogP contribution in [0.15, 0.2) is 77.7 Å². The number of aromatic nitrogens is 3. The van der Waals surface area contributed by atoms with Crippen LogP contribution in [-0.2, 0) is 17.9 Å². The molecule has 0 aliphatic carbocycles. The van der Waals surface area contributed by atoms with Crippen molar-refractivity contribution in [3.8, 4) is 17.0 Å². The molecule has 0 spiro atoms. The average molecular weight is 416 g/mol. The molecule has 4 rings (SSSR count). The maximum absolute atomic E-state index is 12.4. The minimum absolute atomic E-state index is 0.114. The summed E-state index contributed by atoms with van der Waals surface area (Å²) in [6, 6.07) is 20.7. The van der Waals surface area contributed by atoms with Crippen molar-refractivity contribution in [2.45, 2.75) is 20.0 Å². The van der Waals surface area contributed by atoms with Crippen molar-refractivity contribution in [3.05, 3.63) is 83.3 Å². The maximum atomic E-state index is 12.4. The van der Waals surface area contributed by atoms with E-state index in [2.05, 4.69) is 10.4 Å². The molecule has 158 valence electrons. The molecule has 0 fully saturated rings. The quantitative estimate of drug-likeness (QED) is 0.479. The van der Waals surface area contributed by atoms with Crippen molar-refractivity contribution in [3.63, 3.8) is 0 Å². The van der Waals surface area contributed by atoms with E-state index >= 15 is 0 Å². The second-order valence-corrected chi connectivity index (χ2v) is 7.09. The number of fused-ring (bicyclic) bond motifs is 1. The number of benzene rings is 2. The number of hydrogen-bond donors (Lipinski definition) is 1. The van der Waals surface area contributed by atoms with Gasteiger partial charge in [-0.25, -0.2) is 4.68 Å². The summed E-state index contributed by atoms with van der Waals surface area (Å²) in [4.78, 5) is 24.5. The number of hydrogen-bond acceptors (Lipinski definition) is 4. The lowest BCUT2D eigenvalue weighted by Crippen LogP contribution is -2.33. The van der Waals surface area contributed by atoms with E-state index in [0.29, 0.717) is 25.4 Å². The predicted molar refractivity (Wildman–Crippen MR) is 120 cm³/mol. The molecule has 2 aromatic carbocycles. The largest absolute Gasteiger partial charge is 0.494 e. The van der Waals surface area contributed by atoms with Gasteiger partial charge in [0.1, 0.15) is 12.3 Å². The molecule has 0 unspecified atom stereocenters. The predicted octanol–water partition coefficient (Wildman–Crippen LogP) is 3.08. The summed E-state index contributed by atoms with van der Waals surface area (Å²) in [5.41, 5.74) is 2.38. The highest BCUT2D eigenvalue weighted by atomic mass is 16.5. The molecule has 7 nitrogen and oxygen atoms in total. The van der Waals surface area contributed by atoms with Crippen LogP contribution in [-0.4, -0.2) is 33.4 Å². The van der Waals surface area contributed by atoms with Crippen LogP contribution in [0.3, 0.4) is 0 Å². The Hall–Kier alpha value is -3.87. The highest BCUT2D eigenvalue weighted by molar-refractivity contribution is 5.83. The number of carbonyl (C=O) groups excluding carboxylic acids is 1. The summed E-state index contributed by atoms with van der Waals surface area (Å²) in [5.74, 6) is 0.676. The summed E-state index contributed by atoms with van der Waals surface area (Å²) in [7, 11) is 0. The summed E-state index contributed by atoms with van der Waals surface area (Å²) in [5, 5.41) is 8.40. The Balaban J connectivity index is 1.37. The van der Waals surface area contributed by atoms with E-state index in [9.17, 15) is 9.59 Å². The molecule has 0 atom stereocenters. The zero-order valence-corrected chi connectivity index (χ0v) is 17.3. The molecule has 4 aromatic rings. The highest BCUT2D eigenvalue weighted by Gasteiger charge is 2.07. The molecule has 7 heteroatoms. The second-order valence-electron chi connectivity index (χ2n) is 7.09. The summed E-state index contributed by atoms with van der Waals surface area (Å²) < 4.78 is 8.74. The molecular formula is C24H24N4O3. The van der Waals surface area contributed by atoms with Gasteiger partial charge < -0.3 is 14.6 Å². The molecule has 0 bridgehead atoms. The zero-order valence-electron chi connectivity index (χ0n) is 17.3. The van der Waals surface area contributed by atoms with Crippen LogP contribution >= 0.6 is 0 Å². The van der Waals surface area contributed by atoms with Gasteiger partial charge in [0.2, 0.25) is 5.91 Å². The number of rotatable bonds is 8. The van der Waals surface area contributed by atoms with Crippen LogP contribution < -0.4 is 15.6 Å². The minimum atomic E-state index is -0.208. The fraction of sp³-hybridized carbons (Fsp3) is 0.208. The number of carbonyl (C=O) groups is 1. The molecule has 2 heterocycles. The number of nitrogens with one attached hydrogen (secondary N) is 1. The third-order valence-corrected chi connectivity index (χ3v) is 4.97. The Morgan fingerprint density at radius 2 is 1.84 bits per heavy atom. The van der Waals surface area contributed by atoms with E-state index < -0.39 is 0 Å². The zero-order chi connectivity index (χ0) is 21.6. The first kappa shape index (κ1) is 20.4. The van der Waals surface area contributed by atoms with Gasteiger partial charge in [-0.3, -0.25) is 9.59 Å². The van der Waals surface area contributed by atoms with E-state index in [1.807, 2.05) is 72.3 Å². The molecule has 0 saturated carbocycles. The maximum Gasteiger partial charge on any atom is 0.266 e. The van der Waals surface area contributed by atoms with Crippen LogP contribution in [0.4, 0.5) is 0 Å². The Labute approximate surface area is 179 Å². The third kappa shape index (κ3) is 4.83. The van der Waals surface area contributed by atoms with E-state index in [1.165, 1.54) is 10.7 Å². The van der Waals surface area contributed by atoms with E-state index in [4.69, 9.17) is 4.74 Å². The number of nitrogens with zero attached hydrogens (tertiary/aromatic N) is 3. The van der Waals surface area contributed by atoms with Crippen LogP contribution in [0.25, 0.3) is 22.2 Å². The molecule has 0 radical (unpaired) electrons. The van der Waals surface area contributed by atoms with Crippen molar-refractivity contribution in [1.29, 1.82) is 0 Å². The van der Waals surface area contributed by atoms with Crippen molar-refractivity contribution in [2.24, 2.45) is 0 Å². The first-order chi connectivity index (χ1) is 15.1. The second kappa shape index (κ2) is 9.30. The molecule has 2 aromatic heterocycles. The van der Waals surface area contributed by atoms with Crippen molar-refractivity contribution < 1.29 is 9.53 Å². The van der Waals surface area contributed by atoms with Crippen LogP contribution in [0.2, 0.25) is 0 Å². The van der Waals surface area contributed by atoms with Gasteiger partial charge in [0.25, 0.3) is 5.56 Å². The third-order valence-electron chi connectivity index (χ3n) is 4.97. The van der Waals surface area contributed by atoms with Crippen LogP contribution in [0.1, 0.15) is 6.92 Å². The minimum Gasteiger partial charge on any atom is -0.494 e. The Morgan fingerprint density at radius 1 is 1.03 bits per heavy atom. The topological polar surface area (TPSA) is 78.1 Å². The number of para-hydroxylation sites is 1. The standard InChI is InChI=1S/C24H24N4O3/c1-2-31-20-9-7-18(8-10-20)21-11-12-24(30)28(26-21)16-14-25-23(29)17-27-15-13-19-5-3-4-6-22(19)27/h3-13,15H,2,14,16-17H2,1H3,(H,25,29). The van der Waals surface area contributed by atoms with Crippen LogP contribution in [0, 0.1) is 0 Å². The summed E-state index contributed by atoms with van der Waals surface area (Å²) in [6.07, 6.45) is 1.90. The van der Waals surface area contributed by atoms with Gasteiger partial charge in [0, 0.05) is 29.9 Å². The summed E-state index contributed by atoms with van der Waals surface area (Å²) in [6.45, 7) is 3.38. The molecule has 1 amide bonds. The Bertz CT molecular complexity index is 1240. The number of ether oxygens (including phenoxy) is 1. The van der Waals surface area contributed by atoms with Crippen molar-refractivity contribution in [1.82, 2.24) is 19.7 Å². The molecule has 0 aliphatic heterocycles. The van der Waals surface area contributed by atoms with Crippen LogP contribution in [0.5, 0.6) is 5.75 Å². The monoisotopic (exact) mass is 416 g/mol. The molecule has 0 aliphatic rings. The van der Waals surface area contributed by atoms with E-state index in [1.54, 1.807) is 6.07 Å². The lowest BCUT2D eigenvalue weighted by atomic mass is 10.1. The normalized spacial score (nSPS) is 10.9. The van der Waals surface area contributed by atoms with Gasteiger partial charge in [-0.1, -0.05) is 18.2 Å². The fourth-order valence-corrected chi connectivity index (χ4v) is 3.44. The lowest BCUT2D eigenvalue weighted by molar-refractivity contribution is -0.121. The van der Waals surface area contributed by atoms with Gasteiger partial charge in [0.15, 0.2) is 0 Å². The SMILES string of the molecule is CCOc1ccc(-c2ccc(=O)n(CCNC(=O)Cn3ccc4ccccc43)n2)cc1. The van der Waals surface area contributed by atoms with E-state index in [-0.39, 0.29) is 18.0 Å². The van der Waals surface area contributed by atoms with Gasteiger partial charge in [0.05, 0.1) is 18.8 Å². The van der Waals surface area contributed by atoms with Gasteiger partial charge in [-0.2, -0.15) is 5.10 Å². The molecule has 31 heavy (non-hydrogen) atoms. The molecule has 1 N–H and O–H groups in total. The smallest absolute Gasteiger partial charge is 0.266 e. The van der Waals surface area contributed by atoms with Gasteiger partial charge >= 0.3 is 0 Å². The van der Waals surface area contributed by atoms with Gasteiger partial charge in [-0.05, 0) is 54.8 Å². The van der Waals surface area contributed by atoms with Crippen molar-refractivity contribution >= 4 is 16.8 Å². The highest BCUT2D eigenvalue weighted by Crippen LogP contribution is 2.20. The Kier molecular flexibility index (Phi) is 6.12. The average Bonchev–Trinajstić information content (AvgIpc) is 3.19. The Morgan fingerprint density at radius 3 is 2.65 bits per heavy atom. The first-order valence-corrected chi connectivity index (χ1v) is 10.3. The van der Waals surface area contributed by atoms with Gasteiger partial charge in [-0.15, -0.1) is 0 Å². The molecular weight excluding hydrogens is 392 g/mol. The molecule has 0 saturated heterocycles. The lowest BCUT2D eigenvalue weighted by Gasteiger charge is -2.10. The van der Waals surface area contributed by atoms with Crippen molar-refractivity contribution in [2.75, 3.05) is 13.2 Å².